The number of ether oxygens (including phenoxy) is 3. The Labute approximate surface area is 123 Å². The summed E-state index contributed by atoms with van der Waals surface area (Å²) >= 11 is 0. The Hall–Kier alpha value is -2.56. The van der Waals surface area contributed by atoms with Crippen LogP contribution in [0.2, 0.25) is 0 Å². The summed E-state index contributed by atoms with van der Waals surface area (Å²) < 4.78 is 15.8. The van der Waals surface area contributed by atoms with Gasteiger partial charge in [-0.2, -0.15) is 0 Å². The molecule has 2 rings (SSSR count). The Morgan fingerprint density at radius 3 is 2.24 bits per heavy atom. The van der Waals surface area contributed by atoms with Gasteiger partial charge in [0.05, 0.1) is 32.6 Å². The summed E-state index contributed by atoms with van der Waals surface area (Å²) in [6, 6.07) is 7.27. The summed E-state index contributed by atoms with van der Waals surface area (Å²) in [5.41, 5.74) is 8.37. The molecule has 112 valence electrons. The molecule has 3 N–H and O–H groups in total. The maximum Gasteiger partial charge on any atom is 0.168 e. The maximum absolute atomic E-state index is 10.5. The van der Waals surface area contributed by atoms with Gasteiger partial charge in [-0.3, -0.25) is 0 Å². The van der Waals surface area contributed by atoms with Crippen molar-refractivity contribution < 1.29 is 19.3 Å². The van der Waals surface area contributed by atoms with Crippen molar-refractivity contribution in [1.29, 1.82) is 0 Å². The Morgan fingerprint density at radius 1 is 1.00 bits per heavy atom. The smallest absolute Gasteiger partial charge is 0.168 e. The minimum absolute atomic E-state index is 0.0125. The first-order valence-electron chi connectivity index (χ1n) is 6.42. The summed E-state index contributed by atoms with van der Waals surface area (Å²) in [5.74, 6) is 1.49. The van der Waals surface area contributed by atoms with Crippen molar-refractivity contribution in [3.63, 3.8) is 0 Å². The molecule has 2 aromatic carbocycles. The number of anilines is 1. The second kappa shape index (κ2) is 5.83. The third kappa shape index (κ3) is 2.42. The second-order valence-electron chi connectivity index (χ2n) is 4.56. The number of benzene rings is 2. The molecule has 0 heterocycles. The van der Waals surface area contributed by atoms with E-state index in [1.165, 1.54) is 14.2 Å². The Kier molecular flexibility index (Phi) is 4.12. The first-order valence-corrected chi connectivity index (χ1v) is 6.42. The molecule has 0 aliphatic rings. The highest BCUT2D eigenvalue weighted by molar-refractivity contribution is 5.90. The molecule has 0 amide bonds. The van der Waals surface area contributed by atoms with Crippen LogP contribution >= 0.6 is 0 Å². The number of nitrogens with two attached hydrogens (primary N) is 1. The molecule has 0 aliphatic heterocycles. The number of phenols is 1. The number of hydrogen-bond donors (Lipinski definition) is 2. The lowest BCUT2D eigenvalue weighted by Crippen LogP contribution is -2.01. The Bertz CT molecular complexity index is 637. The number of rotatable bonds is 4. The van der Waals surface area contributed by atoms with E-state index >= 15 is 0 Å². The van der Waals surface area contributed by atoms with Gasteiger partial charge in [0.15, 0.2) is 11.5 Å². The molecule has 0 saturated carbocycles. The van der Waals surface area contributed by atoms with Gasteiger partial charge in [-0.25, -0.2) is 0 Å². The molecule has 0 aromatic heterocycles. The Balaban J connectivity index is 2.78. The number of phenolic OH excluding ortho intramolecular Hbond substituents is 1. The highest BCUT2D eigenvalue weighted by atomic mass is 16.5. The number of methoxy groups -OCH3 is 3. The molecular formula is C16H19NO4. The molecular weight excluding hydrogens is 270 g/mol. The van der Waals surface area contributed by atoms with Crippen LogP contribution in [0.3, 0.4) is 0 Å². The zero-order valence-electron chi connectivity index (χ0n) is 12.6. The lowest BCUT2D eigenvalue weighted by atomic mass is 9.98. The van der Waals surface area contributed by atoms with Crippen molar-refractivity contribution in [2.24, 2.45) is 0 Å². The summed E-state index contributed by atoms with van der Waals surface area (Å²) in [6.45, 7) is 1.78. The average molecular weight is 289 g/mol. The van der Waals surface area contributed by atoms with Crippen LogP contribution in [0.25, 0.3) is 11.1 Å². The van der Waals surface area contributed by atoms with Gasteiger partial charge in [0, 0.05) is 5.56 Å². The fraction of sp³-hybridized carbons (Fsp3) is 0.250. The Morgan fingerprint density at radius 2 is 1.67 bits per heavy atom. The number of aromatic hydroxyl groups is 1. The van der Waals surface area contributed by atoms with E-state index in [9.17, 15) is 5.11 Å². The SMILES string of the molecule is COc1cccc(-c2c(N)c(OC)c(C)c(OC)c2O)c1. The van der Waals surface area contributed by atoms with Crippen LogP contribution in [0.15, 0.2) is 24.3 Å². The quantitative estimate of drug-likeness (QED) is 0.846. The average Bonchev–Trinajstić information content (AvgIpc) is 2.48. The second-order valence-corrected chi connectivity index (χ2v) is 4.56. The van der Waals surface area contributed by atoms with Gasteiger partial charge in [-0.1, -0.05) is 12.1 Å². The number of hydrogen-bond acceptors (Lipinski definition) is 5. The fourth-order valence-electron chi connectivity index (χ4n) is 2.42. The largest absolute Gasteiger partial charge is 0.504 e. The third-order valence-electron chi connectivity index (χ3n) is 3.41. The van der Waals surface area contributed by atoms with Crippen molar-refractivity contribution in [1.82, 2.24) is 0 Å². The molecule has 21 heavy (non-hydrogen) atoms. The topological polar surface area (TPSA) is 73.9 Å². The minimum atomic E-state index is -0.0125. The summed E-state index contributed by atoms with van der Waals surface area (Å²) in [5, 5.41) is 10.5. The standard InChI is InChI=1S/C16H19NO4/c1-9-15(20-3)13(17)12(14(18)16(9)21-4)10-6-5-7-11(8-10)19-2/h5-8,18H,17H2,1-4H3. The van der Waals surface area contributed by atoms with E-state index in [1.807, 2.05) is 18.2 Å². The van der Waals surface area contributed by atoms with Gasteiger partial charge < -0.3 is 25.1 Å². The van der Waals surface area contributed by atoms with Crippen LogP contribution in [0.5, 0.6) is 23.0 Å². The maximum atomic E-state index is 10.5. The third-order valence-corrected chi connectivity index (χ3v) is 3.41. The lowest BCUT2D eigenvalue weighted by Gasteiger charge is -2.19. The highest BCUT2D eigenvalue weighted by Crippen LogP contribution is 2.49. The summed E-state index contributed by atoms with van der Waals surface area (Å²) in [6.07, 6.45) is 0. The van der Waals surface area contributed by atoms with Gasteiger partial charge in [0.25, 0.3) is 0 Å². The van der Waals surface area contributed by atoms with Gasteiger partial charge >= 0.3 is 0 Å². The van der Waals surface area contributed by atoms with E-state index in [2.05, 4.69) is 0 Å². The minimum Gasteiger partial charge on any atom is -0.504 e. The van der Waals surface area contributed by atoms with Crippen molar-refractivity contribution in [3.05, 3.63) is 29.8 Å². The molecule has 2 aromatic rings. The van der Waals surface area contributed by atoms with Gasteiger partial charge in [0.2, 0.25) is 0 Å². The molecule has 0 spiro atoms. The van der Waals surface area contributed by atoms with E-state index in [-0.39, 0.29) is 5.75 Å². The first kappa shape index (κ1) is 14.8. The van der Waals surface area contributed by atoms with Crippen molar-refractivity contribution in [3.8, 4) is 34.1 Å². The zero-order chi connectivity index (χ0) is 15.6. The molecule has 0 saturated heterocycles. The normalized spacial score (nSPS) is 10.3. The van der Waals surface area contributed by atoms with Crippen LogP contribution in [0.4, 0.5) is 5.69 Å². The zero-order valence-corrected chi connectivity index (χ0v) is 12.6. The summed E-state index contributed by atoms with van der Waals surface area (Å²) in [4.78, 5) is 0. The van der Waals surface area contributed by atoms with Crippen LogP contribution in [0.1, 0.15) is 5.56 Å². The van der Waals surface area contributed by atoms with Gasteiger partial charge in [-0.15, -0.1) is 0 Å². The number of nitrogen functional groups attached to an aromatic ring is 1. The molecule has 0 fully saturated rings. The summed E-state index contributed by atoms with van der Waals surface area (Å²) in [7, 11) is 4.61. The predicted molar refractivity (Wildman–Crippen MR) is 82.3 cm³/mol. The van der Waals surface area contributed by atoms with Crippen LogP contribution < -0.4 is 19.9 Å². The van der Waals surface area contributed by atoms with E-state index in [1.54, 1.807) is 20.1 Å². The van der Waals surface area contributed by atoms with Crippen LogP contribution in [-0.4, -0.2) is 26.4 Å². The van der Waals surface area contributed by atoms with Crippen molar-refractivity contribution in [2.75, 3.05) is 27.1 Å². The van der Waals surface area contributed by atoms with E-state index in [0.717, 1.165) is 5.56 Å². The van der Waals surface area contributed by atoms with Crippen LogP contribution in [0, 0.1) is 6.92 Å². The first-order chi connectivity index (χ1) is 10.0. The molecule has 0 atom stereocenters. The monoisotopic (exact) mass is 289 g/mol. The van der Waals surface area contributed by atoms with Crippen molar-refractivity contribution in [2.45, 2.75) is 6.92 Å². The van der Waals surface area contributed by atoms with Gasteiger partial charge in [-0.05, 0) is 24.6 Å². The molecule has 5 nitrogen and oxygen atoms in total. The van der Waals surface area contributed by atoms with E-state index in [4.69, 9.17) is 19.9 Å². The van der Waals surface area contributed by atoms with Gasteiger partial charge in [0.1, 0.15) is 11.5 Å². The predicted octanol–water partition coefficient (Wildman–Crippen LogP) is 2.98. The molecule has 0 aliphatic carbocycles. The fourth-order valence-corrected chi connectivity index (χ4v) is 2.42. The van der Waals surface area contributed by atoms with Crippen molar-refractivity contribution >= 4 is 5.69 Å². The molecule has 5 heteroatoms. The lowest BCUT2D eigenvalue weighted by molar-refractivity contribution is 0.362. The molecule has 0 unspecified atom stereocenters. The molecule has 0 radical (unpaired) electrons. The highest BCUT2D eigenvalue weighted by Gasteiger charge is 2.22. The molecule has 0 bridgehead atoms. The van der Waals surface area contributed by atoms with E-state index in [0.29, 0.717) is 34.1 Å². The van der Waals surface area contributed by atoms with Crippen LogP contribution in [-0.2, 0) is 0 Å². The van der Waals surface area contributed by atoms with E-state index < -0.39 is 0 Å².